The van der Waals surface area contributed by atoms with Gasteiger partial charge >= 0.3 is 0 Å². The molecule has 0 aliphatic heterocycles. The predicted octanol–water partition coefficient (Wildman–Crippen LogP) is 4.48. The number of carbonyl (C=O) groups excluding carboxylic acids is 1. The maximum Gasteiger partial charge on any atom is 0.243 e. The van der Waals surface area contributed by atoms with E-state index in [1.54, 1.807) is 73.8 Å². The van der Waals surface area contributed by atoms with Crippen molar-refractivity contribution in [1.82, 2.24) is 4.31 Å². The van der Waals surface area contributed by atoms with Gasteiger partial charge in [0.05, 0.1) is 24.7 Å². The van der Waals surface area contributed by atoms with Crippen LogP contribution in [0.25, 0.3) is 0 Å². The van der Waals surface area contributed by atoms with Gasteiger partial charge in [0.1, 0.15) is 11.5 Å². The van der Waals surface area contributed by atoms with Crippen molar-refractivity contribution < 1.29 is 22.7 Å². The molecular formula is C25H28N2O5S. The van der Waals surface area contributed by atoms with E-state index in [2.05, 4.69) is 5.32 Å². The van der Waals surface area contributed by atoms with Crippen molar-refractivity contribution in [1.29, 1.82) is 0 Å². The van der Waals surface area contributed by atoms with Gasteiger partial charge in [-0.1, -0.05) is 30.3 Å². The Labute approximate surface area is 195 Å². The van der Waals surface area contributed by atoms with E-state index in [9.17, 15) is 13.2 Å². The summed E-state index contributed by atoms with van der Waals surface area (Å²) in [6.45, 7) is 2.45. The lowest BCUT2D eigenvalue weighted by molar-refractivity contribution is -0.117. The molecule has 1 atom stereocenters. The van der Waals surface area contributed by atoms with Crippen molar-refractivity contribution in [3.8, 4) is 11.5 Å². The SMILES string of the molecule is CCOc1ccc(NC(=O)C[C@@H](c2ccc(OC)cc2)N(C)S(=O)(=O)c2ccccc2)cc1. The van der Waals surface area contributed by atoms with E-state index in [0.717, 1.165) is 0 Å². The van der Waals surface area contributed by atoms with Crippen molar-refractivity contribution in [3.63, 3.8) is 0 Å². The summed E-state index contributed by atoms with van der Waals surface area (Å²) in [4.78, 5) is 13.1. The van der Waals surface area contributed by atoms with Crippen molar-refractivity contribution in [2.75, 3.05) is 26.1 Å². The molecule has 0 fully saturated rings. The molecule has 0 aliphatic rings. The smallest absolute Gasteiger partial charge is 0.243 e. The third kappa shape index (κ3) is 6.12. The fraction of sp³-hybridized carbons (Fsp3) is 0.240. The third-order valence-corrected chi connectivity index (χ3v) is 7.07. The van der Waals surface area contributed by atoms with Gasteiger partial charge in [-0.05, 0) is 61.0 Å². The molecule has 1 amide bonds. The molecule has 1 N–H and O–H groups in total. The van der Waals surface area contributed by atoms with Crippen LogP contribution >= 0.6 is 0 Å². The van der Waals surface area contributed by atoms with Gasteiger partial charge in [0.2, 0.25) is 15.9 Å². The van der Waals surface area contributed by atoms with Gasteiger partial charge < -0.3 is 14.8 Å². The standard InChI is InChI=1S/C25H28N2O5S/c1-4-32-22-16-12-20(13-17-22)26-25(28)18-24(19-10-14-21(31-3)15-11-19)27(2)33(29,30)23-8-6-5-7-9-23/h5-17,24H,4,18H2,1-3H3,(H,26,28)/t24-/m0/s1. The number of methoxy groups -OCH3 is 1. The lowest BCUT2D eigenvalue weighted by atomic mass is 10.0. The second-order valence-corrected chi connectivity index (χ2v) is 9.33. The summed E-state index contributed by atoms with van der Waals surface area (Å²) in [6.07, 6.45) is -0.0674. The molecule has 7 nitrogen and oxygen atoms in total. The molecule has 0 radical (unpaired) electrons. The lowest BCUT2D eigenvalue weighted by Gasteiger charge is -2.28. The van der Waals surface area contributed by atoms with Crippen LogP contribution in [0.15, 0.2) is 83.8 Å². The average molecular weight is 469 g/mol. The monoisotopic (exact) mass is 468 g/mol. The number of carbonyl (C=O) groups is 1. The van der Waals surface area contributed by atoms with Crippen LogP contribution in [0.3, 0.4) is 0 Å². The molecule has 3 rings (SSSR count). The number of rotatable bonds is 10. The summed E-state index contributed by atoms with van der Waals surface area (Å²) < 4.78 is 38.4. The molecule has 3 aromatic carbocycles. The Morgan fingerprint density at radius 3 is 2.12 bits per heavy atom. The van der Waals surface area contributed by atoms with Gasteiger partial charge in [0, 0.05) is 19.2 Å². The Bertz CT molecular complexity index is 1150. The first-order valence-electron chi connectivity index (χ1n) is 10.5. The van der Waals surface area contributed by atoms with Crippen LogP contribution < -0.4 is 14.8 Å². The largest absolute Gasteiger partial charge is 0.497 e. The van der Waals surface area contributed by atoms with E-state index in [1.807, 2.05) is 6.92 Å². The Hall–Kier alpha value is -3.36. The van der Waals surface area contributed by atoms with E-state index in [0.29, 0.717) is 29.4 Å². The lowest BCUT2D eigenvalue weighted by Crippen LogP contribution is -2.33. The zero-order valence-corrected chi connectivity index (χ0v) is 19.7. The normalized spacial score (nSPS) is 12.2. The minimum Gasteiger partial charge on any atom is -0.497 e. The number of anilines is 1. The van der Waals surface area contributed by atoms with Crippen LogP contribution in [0.1, 0.15) is 24.9 Å². The van der Waals surface area contributed by atoms with Crippen LogP contribution in [-0.4, -0.2) is 39.4 Å². The molecule has 0 aliphatic carbocycles. The van der Waals surface area contributed by atoms with Gasteiger partial charge in [-0.25, -0.2) is 8.42 Å². The molecule has 8 heteroatoms. The summed E-state index contributed by atoms with van der Waals surface area (Å²) in [6, 6.07) is 21.5. The van der Waals surface area contributed by atoms with Crippen molar-refractivity contribution in [2.24, 2.45) is 0 Å². The highest BCUT2D eigenvalue weighted by molar-refractivity contribution is 7.89. The van der Waals surface area contributed by atoms with Crippen molar-refractivity contribution in [2.45, 2.75) is 24.3 Å². The van der Waals surface area contributed by atoms with Crippen molar-refractivity contribution in [3.05, 3.63) is 84.4 Å². The zero-order chi connectivity index (χ0) is 23.8. The summed E-state index contributed by atoms with van der Waals surface area (Å²) in [5, 5.41) is 2.84. The molecule has 33 heavy (non-hydrogen) atoms. The fourth-order valence-corrected chi connectivity index (χ4v) is 4.76. The van der Waals surface area contributed by atoms with Gasteiger partial charge in [0.25, 0.3) is 0 Å². The molecule has 0 heterocycles. The highest BCUT2D eigenvalue weighted by atomic mass is 32.2. The minimum atomic E-state index is -3.83. The molecule has 0 bridgehead atoms. The molecule has 0 saturated carbocycles. The molecule has 174 valence electrons. The van der Waals surface area contributed by atoms with Crippen LogP contribution in [0.4, 0.5) is 5.69 Å². The van der Waals surface area contributed by atoms with E-state index in [4.69, 9.17) is 9.47 Å². The quantitative estimate of drug-likeness (QED) is 0.474. The van der Waals surface area contributed by atoms with Gasteiger partial charge in [-0.3, -0.25) is 4.79 Å². The highest BCUT2D eigenvalue weighted by Crippen LogP contribution is 2.30. The maximum atomic E-state index is 13.3. The van der Waals surface area contributed by atoms with E-state index in [-0.39, 0.29) is 17.2 Å². The summed E-state index contributed by atoms with van der Waals surface area (Å²) >= 11 is 0. The van der Waals surface area contributed by atoms with Crippen LogP contribution in [0.2, 0.25) is 0 Å². The van der Waals surface area contributed by atoms with Crippen LogP contribution in [-0.2, 0) is 14.8 Å². The molecule has 0 spiro atoms. The summed E-state index contributed by atoms with van der Waals surface area (Å²) in [5.74, 6) is 1.04. The average Bonchev–Trinajstić information content (AvgIpc) is 2.84. The van der Waals surface area contributed by atoms with Gasteiger partial charge in [0.15, 0.2) is 0 Å². The Kier molecular flexibility index (Phi) is 8.08. The molecule has 0 saturated heterocycles. The maximum absolute atomic E-state index is 13.3. The highest BCUT2D eigenvalue weighted by Gasteiger charge is 2.31. The molecular weight excluding hydrogens is 440 g/mol. The third-order valence-electron chi connectivity index (χ3n) is 5.19. The predicted molar refractivity (Wildman–Crippen MR) is 128 cm³/mol. The Morgan fingerprint density at radius 2 is 1.55 bits per heavy atom. The Morgan fingerprint density at radius 1 is 0.939 bits per heavy atom. The number of benzene rings is 3. The summed E-state index contributed by atoms with van der Waals surface area (Å²) in [7, 11) is -0.781. The first-order valence-corrected chi connectivity index (χ1v) is 12.0. The molecule has 0 unspecified atom stereocenters. The number of ether oxygens (including phenoxy) is 2. The topological polar surface area (TPSA) is 84.9 Å². The Balaban J connectivity index is 1.85. The first-order chi connectivity index (χ1) is 15.8. The second-order valence-electron chi connectivity index (χ2n) is 7.33. The van der Waals surface area contributed by atoms with Crippen molar-refractivity contribution >= 4 is 21.6 Å². The van der Waals surface area contributed by atoms with E-state index < -0.39 is 16.1 Å². The zero-order valence-electron chi connectivity index (χ0n) is 18.9. The van der Waals surface area contributed by atoms with E-state index in [1.165, 1.54) is 23.5 Å². The number of hydrogen-bond donors (Lipinski definition) is 1. The number of nitrogens with one attached hydrogen (secondary N) is 1. The second kappa shape index (κ2) is 11.0. The molecule has 3 aromatic rings. The molecule has 0 aromatic heterocycles. The number of sulfonamides is 1. The number of nitrogens with zero attached hydrogens (tertiary/aromatic N) is 1. The number of amides is 1. The van der Waals surface area contributed by atoms with Gasteiger partial charge in [-0.2, -0.15) is 4.31 Å². The minimum absolute atomic E-state index is 0.0674. The van der Waals surface area contributed by atoms with Crippen LogP contribution in [0.5, 0.6) is 11.5 Å². The number of hydrogen-bond acceptors (Lipinski definition) is 5. The fourth-order valence-electron chi connectivity index (χ4n) is 3.40. The van der Waals surface area contributed by atoms with Gasteiger partial charge in [-0.15, -0.1) is 0 Å². The summed E-state index contributed by atoms with van der Waals surface area (Å²) in [5.41, 5.74) is 1.28. The van der Waals surface area contributed by atoms with Crippen LogP contribution in [0, 0.1) is 0 Å². The first kappa shape index (κ1) is 24.3. The van der Waals surface area contributed by atoms with E-state index >= 15 is 0 Å².